The summed E-state index contributed by atoms with van der Waals surface area (Å²) in [5, 5.41) is 21.1. The molecule has 0 aromatic rings. The van der Waals surface area contributed by atoms with Crippen molar-refractivity contribution in [3.63, 3.8) is 0 Å². The monoisotopic (exact) mass is 302 g/mol. The first-order valence-corrected chi connectivity index (χ1v) is 5.62. The van der Waals surface area contributed by atoms with Gasteiger partial charge in [0, 0.05) is 5.33 Å². The number of nitro groups is 2. The number of alkyl halides is 2. The predicted octanol–water partition coefficient (Wildman–Crippen LogP) is 1.74. The van der Waals surface area contributed by atoms with Crippen molar-refractivity contribution in [3.8, 4) is 0 Å². The third-order valence-corrected chi connectivity index (χ3v) is 2.42. The molecule has 0 spiro atoms. The molecule has 0 aromatic carbocycles. The molecule has 7 nitrogen and oxygen atoms in total. The van der Waals surface area contributed by atoms with Crippen LogP contribution < -0.4 is 0 Å². The van der Waals surface area contributed by atoms with Crippen LogP contribution in [0.3, 0.4) is 0 Å². The summed E-state index contributed by atoms with van der Waals surface area (Å²) in [7, 11) is 0. The summed E-state index contributed by atoms with van der Waals surface area (Å²) < 4.78 is 17.9. The van der Waals surface area contributed by atoms with Crippen LogP contribution in [0, 0.1) is 20.2 Å². The molecule has 16 heavy (non-hydrogen) atoms. The molecule has 1 unspecified atom stereocenters. The molecule has 0 rings (SSSR count). The smallest absolute Gasteiger partial charge is 0.361 e. The van der Waals surface area contributed by atoms with Crippen LogP contribution in [0.5, 0.6) is 0 Å². The molecule has 94 valence electrons. The van der Waals surface area contributed by atoms with Gasteiger partial charge in [0.1, 0.15) is 9.85 Å². The Morgan fingerprint density at radius 3 is 2.31 bits per heavy atom. The molecule has 1 atom stereocenters. The van der Waals surface area contributed by atoms with E-state index in [1.807, 2.05) is 0 Å². The molecule has 0 bridgehead atoms. The predicted molar refractivity (Wildman–Crippen MR) is 56.3 cm³/mol. The van der Waals surface area contributed by atoms with Crippen molar-refractivity contribution in [1.82, 2.24) is 0 Å². The van der Waals surface area contributed by atoms with Crippen LogP contribution in [0.15, 0.2) is 0 Å². The van der Waals surface area contributed by atoms with E-state index < -0.39 is 28.5 Å². The van der Waals surface area contributed by atoms with Crippen molar-refractivity contribution in [3.05, 3.63) is 20.2 Å². The molecule has 0 aliphatic rings. The van der Waals surface area contributed by atoms with Gasteiger partial charge in [-0.2, -0.15) is 0 Å². The Morgan fingerprint density at radius 2 is 1.94 bits per heavy atom. The molecule has 0 N–H and O–H groups in total. The zero-order valence-electron chi connectivity index (χ0n) is 8.60. The molecule has 0 saturated carbocycles. The quantitative estimate of drug-likeness (QED) is 0.224. The highest BCUT2D eigenvalue weighted by molar-refractivity contribution is 9.09. The van der Waals surface area contributed by atoms with Gasteiger partial charge in [-0.25, -0.2) is 0 Å². The Hall–Kier alpha value is -0.830. The van der Waals surface area contributed by atoms with Crippen molar-refractivity contribution in [2.24, 2.45) is 0 Å². The number of halogens is 2. The van der Waals surface area contributed by atoms with Gasteiger partial charge in [0.05, 0.1) is 6.10 Å². The Balaban J connectivity index is 4.23. The van der Waals surface area contributed by atoms with E-state index in [0.717, 1.165) is 6.42 Å². The highest BCUT2D eigenvalue weighted by atomic mass is 79.9. The first kappa shape index (κ1) is 15.2. The summed E-state index contributed by atoms with van der Waals surface area (Å²) in [5.74, 6) is -3.76. The second kappa shape index (κ2) is 6.69. The second-order valence-electron chi connectivity index (χ2n) is 3.19. The Labute approximate surface area is 99.4 Å². The molecular formula is C7H12BrFN2O5. The summed E-state index contributed by atoms with van der Waals surface area (Å²) in [6.45, 7) is 0.388. The van der Waals surface area contributed by atoms with Gasteiger partial charge in [0.25, 0.3) is 0 Å². The number of nitrogens with zero attached hydrogens (tertiary/aromatic N) is 2. The molecule has 0 aromatic heterocycles. The van der Waals surface area contributed by atoms with E-state index in [9.17, 15) is 24.6 Å². The Morgan fingerprint density at radius 1 is 1.44 bits per heavy atom. The van der Waals surface area contributed by atoms with Crippen LogP contribution in [0.1, 0.15) is 19.8 Å². The summed E-state index contributed by atoms with van der Waals surface area (Å²) in [6, 6.07) is 0. The van der Waals surface area contributed by atoms with Gasteiger partial charge < -0.3 is 4.74 Å². The lowest BCUT2D eigenvalue weighted by molar-refractivity contribution is -0.833. The van der Waals surface area contributed by atoms with Crippen LogP contribution in [0.25, 0.3) is 0 Å². The maximum Gasteiger partial charge on any atom is 0.637 e. The fraction of sp³-hybridized carbons (Fsp3) is 1.00. The van der Waals surface area contributed by atoms with Crippen molar-refractivity contribution in [1.29, 1.82) is 0 Å². The third kappa shape index (κ3) is 4.35. The Bertz CT molecular complexity index is 251. The molecule has 0 radical (unpaired) electrons. The minimum absolute atomic E-state index is 0.465. The van der Waals surface area contributed by atoms with Crippen molar-refractivity contribution in [2.45, 2.75) is 31.8 Å². The first-order chi connectivity index (χ1) is 7.34. The highest BCUT2D eigenvalue weighted by Gasteiger charge is 2.58. The lowest BCUT2D eigenvalue weighted by Gasteiger charge is -2.13. The minimum atomic E-state index is -3.76. The van der Waals surface area contributed by atoms with E-state index in [-0.39, 0.29) is 0 Å². The zero-order valence-corrected chi connectivity index (χ0v) is 10.2. The van der Waals surface area contributed by atoms with Crippen LogP contribution in [-0.4, -0.2) is 33.8 Å². The van der Waals surface area contributed by atoms with Gasteiger partial charge in [-0.3, -0.25) is 20.2 Å². The van der Waals surface area contributed by atoms with Gasteiger partial charge in [0.2, 0.25) is 6.61 Å². The van der Waals surface area contributed by atoms with E-state index in [4.69, 9.17) is 4.74 Å². The van der Waals surface area contributed by atoms with Gasteiger partial charge in [-0.05, 0) is 19.8 Å². The molecule has 0 amide bonds. The molecule has 0 heterocycles. The lowest BCUT2D eigenvalue weighted by Crippen LogP contribution is -2.46. The van der Waals surface area contributed by atoms with Gasteiger partial charge in [-0.1, -0.05) is 20.3 Å². The summed E-state index contributed by atoms with van der Waals surface area (Å²) in [4.78, 5) is 17.2. The van der Waals surface area contributed by atoms with E-state index in [2.05, 4.69) is 15.9 Å². The molecular weight excluding hydrogens is 291 g/mol. The molecule has 0 fully saturated rings. The van der Waals surface area contributed by atoms with Crippen LogP contribution in [-0.2, 0) is 4.74 Å². The van der Waals surface area contributed by atoms with Crippen LogP contribution in [0.2, 0.25) is 0 Å². The first-order valence-electron chi connectivity index (χ1n) is 4.50. The summed E-state index contributed by atoms with van der Waals surface area (Å²) in [6.07, 6.45) is 0.807. The van der Waals surface area contributed by atoms with Crippen LogP contribution in [0.4, 0.5) is 4.39 Å². The molecule has 0 saturated heterocycles. The average molecular weight is 303 g/mol. The van der Waals surface area contributed by atoms with Gasteiger partial charge in [0.15, 0.2) is 0 Å². The topological polar surface area (TPSA) is 95.5 Å². The summed E-state index contributed by atoms with van der Waals surface area (Å²) >= 11 is 3.17. The second-order valence-corrected chi connectivity index (χ2v) is 3.98. The number of rotatable bonds is 8. The standard InChI is InChI=1S/C7H12BrFN2O5/c1-6(3-2-4-8)16-5-7(9,10(12)13)11(14)15/h6H,2-5H2,1H3. The largest absolute Gasteiger partial charge is 0.637 e. The van der Waals surface area contributed by atoms with Gasteiger partial charge >= 0.3 is 5.92 Å². The average Bonchev–Trinajstić information content (AvgIpc) is 2.22. The minimum Gasteiger partial charge on any atom is -0.361 e. The van der Waals surface area contributed by atoms with Crippen molar-refractivity contribution >= 4 is 15.9 Å². The van der Waals surface area contributed by atoms with E-state index >= 15 is 0 Å². The van der Waals surface area contributed by atoms with Gasteiger partial charge in [-0.15, -0.1) is 0 Å². The fourth-order valence-electron chi connectivity index (χ4n) is 0.868. The Kier molecular flexibility index (Phi) is 6.34. The van der Waals surface area contributed by atoms with Crippen molar-refractivity contribution < 1.29 is 19.0 Å². The molecule has 9 heteroatoms. The fourth-order valence-corrected chi connectivity index (χ4v) is 1.19. The SMILES string of the molecule is CC(CCCBr)OCC(F)([N+](=O)[O-])[N+](=O)[O-]. The van der Waals surface area contributed by atoms with Crippen LogP contribution >= 0.6 is 15.9 Å². The maximum atomic E-state index is 13.2. The van der Waals surface area contributed by atoms with E-state index in [1.165, 1.54) is 0 Å². The normalized spacial score (nSPS) is 13.4. The number of ether oxygens (including phenoxy) is 1. The number of hydrogen-bond donors (Lipinski definition) is 0. The molecule has 0 aliphatic heterocycles. The third-order valence-electron chi connectivity index (χ3n) is 1.86. The lowest BCUT2D eigenvalue weighted by atomic mass is 10.2. The van der Waals surface area contributed by atoms with E-state index in [0.29, 0.717) is 11.8 Å². The highest BCUT2D eigenvalue weighted by Crippen LogP contribution is 2.15. The molecule has 0 aliphatic carbocycles. The van der Waals surface area contributed by atoms with E-state index in [1.54, 1.807) is 6.92 Å². The number of hydrogen-bond acceptors (Lipinski definition) is 5. The zero-order chi connectivity index (χ0) is 12.8. The maximum absolute atomic E-state index is 13.2. The van der Waals surface area contributed by atoms with Crippen molar-refractivity contribution in [2.75, 3.05) is 11.9 Å². The summed E-state index contributed by atoms with van der Waals surface area (Å²) in [5.41, 5.74) is 0.